The maximum atomic E-state index is 12.9. The highest BCUT2D eigenvalue weighted by Crippen LogP contribution is 2.16. The van der Waals surface area contributed by atoms with Crippen LogP contribution in [0.1, 0.15) is 5.56 Å². The number of nitrogens with two attached hydrogens (primary N) is 1. The van der Waals surface area contributed by atoms with Crippen molar-refractivity contribution >= 4 is 5.69 Å². The Bertz CT molecular complexity index is 511. The minimum Gasteiger partial charge on any atom is -0.489 e. The molecule has 17 heavy (non-hydrogen) atoms. The molecule has 88 valence electrons. The molecule has 0 bridgehead atoms. The van der Waals surface area contributed by atoms with Crippen LogP contribution in [-0.2, 0) is 6.61 Å². The van der Waals surface area contributed by atoms with E-state index in [1.807, 2.05) is 0 Å². The zero-order valence-corrected chi connectivity index (χ0v) is 8.99. The minimum absolute atomic E-state index is 0.182. The summed E-state index contributed by atoms with van der Waals surface area (Å²) in [7, 11) is 0. The molecule has 0 radical (unpaired) electrons. The first-order valence-corrected chi connectivity index (χ1v) is 5.07. The Morgan fingerprint density at radius 2 is 1.65 bits per heavy atom. The predicted octanol–water partition coefficient (Wildman–Crippen LogP) is 3.13. The molecule has 2 aromatic rings. The summed E-state index contributed by atoms with van der Waals surface area (Å²) in [5, 5.41) is 0. The van der Waals surface area contributed by atoms with Crippen molar-refractivity contribution in [2.24, 2.45) is 0 Å². The molecular weight excluding hydrogens is 224 g/mol. The van der Waals surface area contributed by atoms with Gasteiger partial charge < -0.3 is 10.5 Å². The van der Waals surface area contributed by atoms with Crippen molar-refractivity contribution in [1.29, 1.82) is 0 Å². The first-order valence-electron chi connectivity index (χ1n) is 5.07. The fourth-order valence-corrected chi connectivity index (χ4v) is 1.36. The van der Waals surface area contributed by atoms with E-state index >= 15 is 0 Å². The fourth-order valence-electron chi connectivity index (χ4n) is 1.36. The quantitative estimate of drug-likeness (QED) is 0.829. The molecule has 0 aliphatic carbocycles. The summed E-state index contributed by atoms with van der Waals surface area (Å²) in [6, 6.07) is 10.5. The lowest BCUT2D eigenvalue weighted by Crippen LogP contribution is -1.97. The number of hydrogen-bond acceptors (Lipinski definition) is 2. The standard InChI is InChI=1S/C13H11F2NO/c14-12-6-1-9(7-13(12)15)8-17-11-4-2-10(16)3-5-11/h1-7H,8,16H2. The van der Waals surface area contributed by atoms with Gasteiger partial charge in [0.1, 0.15) is 12.4 Å². The van der Waals surface area contributed by atoms with Gasteiger partial charge in [0.25, 0.3) is 0 Å². The maximum absolute atomic E-state index is 12.9. The van der Waals surface area contributed by atoms with Crippen molar-refractivity contribution < 1.29 is 13.5 Å². The Morgan fingerprint density at radius 3 is 2.29 bits per heavy atom. The van der Waals surface area contributed by atoms with E-state index in [0.717, 1.165) is 12.1 Å². The van der Waals surface area contributed by atoms with Gasteiger partial charge in [-0.15, -0.1) is 0 Å². The van der Waals surface area contributed by atoms with Gasteiger partial charge in [-0.05, 0) is 42.0 Å². The number of anilines is 1. The highest BCUT2D eigenvalue weighted by atomic mass is 19.2. The van der Waals surface area contributed by atoms with Gasteiger partial charge >= 0.3 is 0 Å². The molecule has 0 aliphatic heterocycles. The number of hydrogen-bond donors (Lipinski definition) is 1. The van der Waals surface area contributed by atoms with Crippen molar-refractivity contribution in [3.63, 3.8) is 0 Å². The van der Waals surface area contributed by atoms with Gasteiger partial charge in [0.15, 0.2) is 11.6 Å². The topological polar surface area (TPSA) is 35.2 Å². The van der Waals surface area contributed by atoms with Crippen molar-refractivity contribution in [2.45, 2.75) is 6.61 Å². The smallest absolute Gasteiger partial charge is 0.159 e. The summed E-state index contributed by atoms with van der Waals surface area (Å²) < 4.78 is 31.0. The van der Waals surface area contributed by atoms with Crippen LogP contribution in [0.2, 0.25) is 0 Å². The Balaban J connectivity index is 2.02. The van der Waals surface area contributed by atoms with Gasteiger partial charge in [-0.2, -0.15) is 0 Å². The molecule has 2 aromatic carbocycles. The lowest BCUT2D eigenvalue weighted by molar-refractivity contribution is 0.305. The minimum atomic E-state index is -0.872. The monoisotopic (exact) mass is 235 g/mol. The normalized spacial score (nSPS) is 10.2. The summed E-state index contributed by atoms with van der Waals surface area (Å²) in [6.45, 7) is 0.182. The summed E-state index contributed by atoms with van der Waals surface area (Å²) in [4.78, 5) is 0. The highest BCUT2D eigenvalue weighted by Gasteiger charge is 2.03. The Kier molecular flexibility index (Phi) is 3.23. The Labute approximate surface area is 97.6 Å². The van der Waals surface area contributed by atoms with Crippen LogP contribution >= 0.6 is 0 Å². The van der Waals surface area contributed by atoms with Crippen LogP contribution in [0.3, 0.4) is 0 Å². The predicted molar refractivity (Wildman–Crippen MR) is 61.5 cm³/mol. The van der Waals surface area contributed by atoms with Crippen molar-refractivity contribution in [3.8, 4) is 5.75 Å². The first kappa shape index (κ1) is 11.4. The largest absolute Gasteiger partial charge is 0.489 e. The van der Waals surface area contributed by atoms with Gasteiger partial charge in [-0.1, -0.05) is 6.07 Å². The Hall–Kier alpha value is -2.10. The van der Waals surface area contributed by atoms with Crippen LogP contribution < -0.4 is 10.5 Å². The lowest BCUT2D eigenvalue weighted by atomic mass is 10.2. The number of ether oxygens (including phenoxy) is 1. The van der Waals surface area contributed by atoms with Crippen molar-refractivity contribution in [2.75, 3.05) is 5.73 Å². The molecule has 4 heteroatoms. The third-order valence-corrected chi connectivity index (χ3v) is 2.27. The second-order valence-electron chi connectivity index (χ2n) is 3.61. The molecular formula is C13H11F2NO. The molecule has 0 spiro atoms. The van der Waals surface area contributed by atoms with Gasteiger partial charge in [0.05, 0.1) is 0 Å². The van der Waals surface area contributed by atoms with E-state index < -0.39 is 11.6 Å². The van der Waals surface area contributed by atoms with Crippen molar-refractivity contribution in [1.82, 2.24) is 0 Å². The first-order chi connectivity index (χ1) is 8.15. The molecule has 0 fully saturated rings. The van der Waals surface area contributed by atoms with Crippen LogP contribution in [0.4, 0.5) is 14.5 Å². The summed E-state index contributed by atoms with van der Waals surface area (Å²) in [5.74, 6) is -1.10. The number of halogens is 2. The van der Waals surface area contributed by atoms with E-state index in [4.69, 9.17) is 10.5 Å². The van der Waals surface area contributed by atoms with E-state index in [1.165, 1.54) is 6.07 Å². The zero-order valence-electron chi connectivity index (χ0n) is 8.99. The van der Waals surface area contributed by atoms with E-state index in [9.17, 15) is 8.78 Å². The molecule has 2 rings (SSSR count). The Morgan fingerprint density at radius 1 is 0.941 bits per heavy atom. The average Bonchev–Trinajstić information content (AvgIpc) is 2.33. The van der Waals surface area contributed by atoms with Crippen LogP contribution in [0.15, 0.2) is 42.5 Å². The van der Waals surface area contributed by atoms with E-state index in [1.54, 1.807) is 24.3 Å². The average molecular weight is 235 g/mol. The van der Waals surface area contributed by atoms with Gasteiger partial charge in [-0.25, -0.2) is 8.78 Å². The second kappa shape index (κ2) is 4.82. The van der Waals surface area contributed by atoms with Crippen LogP contribution in [0, 0.1) is 11.6 Å². The molecule has 0 saturated heterocycles. The molecule has 0 atom stereocenters. The molecule has 2 N–H and O–H groups in total. The second-order valence-corrected chi connectivity index (χ2v) is 3.61. The van der Waals surface area contributed by atoms with Crippen LogP contribution in [0.25, 0.3) is 0 Å². The molecule has 0 aliphatic rings. The number of rotatable bonds is 3. The summed E-state index contributed by atoms with van der Waals surface area (Å²) in [6.07, 6.45) is 0. The van der Waals surface area contributed by atoms with Crippen LogP contribution in [-0.4, -0.2) is 0 Å². The lowest BCUT2D eigenvalue weighted by Gasteiger charge is -2.06. The van der Waals surface area contributed by atoms with E-state index in [0.29, 0.717) is 17.0 Å². The SMILES string of the molecule is Nc1ccc(OCc2ccc(F)c(F)c2)cc1. The fraction of sp³-hybridized carbons (Fsp3) is 0.0769. The molecule has 0 amide bonds. The van der Waals surface area contributed by atoms with Gasteiger partial charge in [0.2, 0.25) is 0 Å². The van der Waals surface area contributed by atoms with Gasteiger partial charge in [0, 0.05) is 5.69 Å². The molecule has 0 heterocycles. The summed E-state index contributed by atoms with van der Waals surface area (Å²) >= 11 is 0. The summed E-state index contributed by atoms with van der Waals surface area (Å²) in [5.41, 5.74) is 6.74. The number of nitrogen functional groups attached to an aromatic ring is 1. The molecule has 2 nitrogen and oxygen atoms in total. The van der Waals surface area contributed by atoms with E-state index in [-0.39, 0.29) is 6.61 Å². The molecule has 0 saturated carbocycles. The number of benzene rings is 2. The molecule has 0 unspecified atom stereocenters. The van der Waals surface area contributed by atoms with E-state index in [2.05, 4.69) is 0 Å². The van der Waals surface area contributed by atoms with Crippen LogP contribution in [0.5, 0.6) is 5.75 Å². The zero-order chi connectivity index (χ0) is 12.3. The third-order valence-electron chi connectivity index (χ3n) is 2.27. The third kappa shape index (κ3) is 2.93. The van der Waals surface area contributed by atoms with Crippen molar-refractivity contribution in [3.05, 3.63) is 59.7 Å². The van der Waals surface area contributed by atoms with Gasteiger partial charge in [-0.3, -0.25) is 0 Å². The maximum Gasteiger partial charge on any atom is 0.159 e. The highest BCUT2D eigenvalue weighted by molar-refractivity contribution is 5.41. The molecule has 0 aromatic heterocycles.